The van der Waals surface area contributed by atoms with Crippen LogP contribution in [0.25, 0.3) is 0 Å². The van der Waals surface area contributed by atoms with Gasteiger partial charge >= 0.3 is 0 Å². The molecule has 1 aliphatic carbocycles. The topological polar surface area (TPSA) is 0 Å². The Morgan fingerprint density at radius 1 is 1.00 bits per heavy atom. The molecule has 0 aromatic heterocycles. The first-order valence-corrected chi connectivity index (χ1v) is 8.42. The van der Waals surface area contributed by atoms with Gasteiger partial charge in [-0.2, -0.15) is 0 Å². The molecular formula is C17H36N+. The third-order valence-corrected chi connectivity index (χ3v) is 4.76. The van der Waals surface area contributed by atoms with Crippen LogP contribution in [0.2, 0.25) is 0 Å². The first-order valence-electron chi connectivity index (χ1n) is 8.42. The minimum Gasteiger partial charge on any atom is -0.323 e. The molecule has 1 aliphatic rings. The second kappa shape index (κ2) is 8.19. The Bertz CT molecular complexity index is 204. The average molecular weight is 254 g/mol. The molecule has 0 spiro atoms. The zero-order chi connectivity index (χ0) is 13.4. The van der Waals surface area contributed by atoms with Crippen LogP contribution in [0.5, 0.6) is 0 Å². The number of hydrogen-bond acceptors (Lipinski definition) is 0. The van der Waals surface area contributed by atoms with Gasteiger partial charge in [-0.05, 0) is 32.1 Å². The van der Waals surface area contributed by atoms with E-state index in [2.05, 4.69) is 27.8 Å². The summed E-state index contributed by atoms with van der Waals surface area (Å²) in [4.78, 5) is 0. The van der Waals surface area contributed by atoms with Gasteiger partial charge in [0.15, 0.2) is 0 Å². The Morgan fingerprint density at radius 2 is 1.56 bits per heavy atom. The van der Waals surface area contributed by atoms with Gasteiger partial charge in [0.25, 0.3) is 0 Å². The maximum Gasteiger partial charge on any atom is 0.0888 e. The van der Waals surface area contributed by atoms with Crippen molar-refractivity contribution in [3.63, 3.8) is 0 Å². The molecule has 1 unspecified atom stereocenters. The third kappa shape index (κ3) is 5.30. The van der Waals surface area contributed by atoms with Gasteiger partial charge in [-0.25, -0.2) is 0 Å². The second-order valence-corrected chi connectivity index (χ2v) is 7.13. The fourth-order valence-electron chi connectivity index (χ4n) is 3.83. The molecule has 0 aromatic carbocycles. The second-order valence-electron chi connectivity index (χ2n) is 7.13. The van der Waals surface area contributed by atoms with Crippen LogP contribution in [0, 0.1) is 5.92 Å². The maximum absolute atomic E-state index is 2.54. The summed E-state index contributed by atoms with van der Waals surface area (Å²) in [5.41, 5.74) is 0. The Labute approximate surface area is 116 Å². The lowest BCUT2D eigenvalue weighted by atomic mass is 9.93. The molecule has 0 bridgehead atoms. The zero-order valence-corrected chi connectivity index (χ0v) is 13.4. The fourth-order valence-corrected chi connectivity index (χ4v) is 3.83. The predicted octanol–water partition coefficient (Wildman–Crippen LogP) is 5.00. The van der Waals surface area contributed by atoms with E-state index in [1.807, 2.05) is 0 Å². The summed E-state index contributed by atoms with van der Waals surface area (Å²) in [6, 6.07) is 0.944. The summed E-state index contributed by atoms with van der Waals surface area (Å²) in [7, 11) is 2.54. The van der Waals surface area contributed by atoms with E-state index in [1.165, 1.54) is 75.4 Å². The summed E-state index contributed by atoms with van der Waals surface area (Å²) in [5.74, 6) is 0.831. The van der Waals surface area contributed by atoms with Crippen molar-refractivity contribution in [1.82, 2.24) is 0 Å². The van der Waals surface area contributed by atoms with Gasteiger partial charge in [-0.1, -0.05) is 46.5 Å². The zero-order valence-electron chi connectivity index (χ0n) is 13.4. The number of nitrogens with zero attached hydrogens (tertiary/aromatic N) is 1. The van der Waals surface area contributed by atoms with Gasteiger partial charge < -0.3 is 4.48 Å². The first-order chi connectivity index (χ1) is 8.58. The standard InChI is InChI=1S/C17H36N/c1-5-6-14-18(4,15-16(2)3)17-12-10-8-7-9-11-13-17/h16-17H,5-15H2,1-4H3/q+1. The molecule has 0 N–H and O–H groups in total. The van der Waals surface area contributed by atoms with E-state index in [0.29, 0.717) is 0 Å². The molecule has 0 saturated heterocycles. The predicted molar refractivity (Wildman–Crippen MR) is 81.8 cm³/mol. The van der Waals surface area contributed by atoms with Crippen LogP contribution >= 0.6 is 0 Å². The van der Waals surface area contributed by atoms with Gasteiger partial charge in [0.05, 0.1) is 26.2 Å². The van der Waals surface area contributed by atoms with Crippen molar-refractivity contribution >= 4 is 0 Å². The Kier molecular flexibility index (Phi) is 7.29. The van der Waals surface area contributed by atoms with E-state index in [0.717, 1.165) is 12.0 Å². The van der Waals surface area contributed by atoms with E-state index >= 15 is 0 Å². The van der Waals surface area contributed by atoms with Gasteiger partial charge in [0.2, 0.25) is 0 Å². The van der Waals surface area contributed by atoms with Crippen LogP contribution < -0.4 is 0 Å². The smallest absolute Gasteiger partial charge is 0.0888 e. The lowest BCUT2D eigenvalue weighted by Crippen LogP contribution is -2.54. The summed E-state index contributed by atoms with van der Waals surface area (Å²) in [6.45, 7) is 9.90. The van der Waals surface area contributed by atoms with Crippen LogP contribution in [-0.4, -0.2) is 30.7 Å². The van der Waals surface area contributed by atoms with Crippen molar-refractivity contribution < 1.29 is 4.48 Å². The van der Waals surface area contributed by atoms with Crippen LogP contribution in [0.3, 0.4) is 0 Å². The molecule has 1 saturated carbocycles. The van der Waals surface area contributed by atoms with E-state index < -0.39 is 0 Å². The van der Waals surface area contributed by atoms with E-state index in [-0.39, 0.29) is 0 Å². The summed E-state index contributed by atoms with van der Waals surface area (Å²) >= 11 is 0. The molecule has 108 valence electrons. The molecule has 1 rings (SSSR count). The van der Waals surface area contributed by atoms with Gasteiger partial charge in [0.1, 0.15) is 0 Å². The molecule has 1 nitrogen and oxygen atoms in total. The highest BCUT2D eigenvalue weighted by Gasteiger charge is 2.32. The molecule has 0 amide bonds. The molecule has 1 heteroatoms. The van der Waals surface area contributed by atoms with Crippen molar-refractivity contribution in [2.45, 2.75) is 84.6 Å². The highest BCUT2D eigenvalue weighted by atomic mass is 15.4. The minimum absolute atomic E-state index is 0.831. The van der Waals surface area contributed by atoms with Gasteiger partial charge in [-0.3, -0.25) is 0 Å². The van der Waals surface area contributed by atoms with Crippen molar-refractivity contribution in [3.8, 4) is 0 Å². The monoisotopic (exact) mass is 254 g/mol. The molecule has 18 heavy (non-hydrogen) atoms. The average Bonchev–Trinajstić information content (AvgIpc) is 2.24. The first kappa shape index (κ1) is 16.0. The van der Waals surface area contributed by atoms with E-state index in [4.69, 9.17) is 0 Å². The largest absolute Gasteiger partial charge is 0.323 e. The number of unbranched alkanes of at least 4 members (excludes halogenated alkanes) is 1. The summed E-state index contributed by atoms with van der Waals surface area (Å²) in [5, 5.41) is 0. The maximum atomic E-state index is 2.54. The van der Waals surface area contributed by atoms with Crippen molar-refractivity contribution in [1.29, 1.82) is 0 Å². The van der Waals surface area contributed by atoms with Gasteiger partial charge in [-0.15, -0.1) is 0 Å². The highest BCUT2D eigenvalue weighted by molar-refractivity contribution is 4.66. The molecular weight excluding hydrogens is 218 g/mol. The quantitative estimate of drug-likeness (QED) is 0.585. The number of hydrogen-bond donors (Lipinski definition) is 0. The molecule has 1 fully saturated rings. The molecule has 0 heterocycles. The normalized spacial score (nSPS) is 22.5. The van der Waals surface area contributed by atoms with Crippen LogP contribution in [-0.2, 0) is 0 Å². The SMILES string of the molecule is CCCC[N+](C)(CC(C)C)C1CCCCCCC1. The third-order valence-electron chi connectivity index (χ3n) is 4.76. The fraction of sp³-hybridized carbons (Fsp3) is 1.00. The van der Waals surface area contributed by atoms with Crippen molar-refractivity contribution in [2.24, 2.45) is 5.92 Å². The minimum atomic E-state index is 0.831. The summed E-state index contributed by atoms with van der Waals surface area (Å²) in [6.07, 6.45) is 13.1. The lowest BCUT2D eigenvalue weighted by Gasteiger charge is -2.44. The highest BCUT2D eigenvalue weighted by Crippen LogP contribution is 2.27. The molecule has 0 aliphatic heterocycles. The number of rotatable bonds is 6. The van der Waals surface area contributed by atoms with Crippen LogP contribution in [0.1, 0.15) is 78.6 Å². The van der Waals surface area contributed by atoms with E-state index in [9.17, 15) is 0 Å². The Balaban J connectivity index is 2.64. The van der Waals surface area contributed by atoms with Crippen molar-refractivity contribution in [3.05, 3.63) is 0 Å². The van der Waals surface area contributed by atoms with E-state index in [1.54, 1.807) is 0 Å². The molecule has 0 aromatic rings. The van der Waals surface area contributed by atoms with Crippen molar-refractivity contribution in [2.75, 3.05) is 20.1 Å². The van der Waals surface area contributed by atoms with Gasteiger partial charge in [0, 0.05) is 5.92 Å². The lowest BCUT2D eigenvalue weighted by molar-refractivity contribution is -0.937. The molecule has 0 radical (unpaired) electrons. The van der Waals surface area contributed by atoms with Crippen LogP contribution in [0.4, 0.5) is 0 Å². The summed E-state index contributed by atoms with van der Waals surface area (Å²) < 4.78 is 1.35. The Morgan fingerprint density at radius 3 is 2.06 bits per heavy atom. The number of quaternary nitrogens is 1. The Hall–Kier alpha value is -0.0400. The van der Waals surface area contributed by atoms with Crippen LogP contribution in [0.15, 0.2) is 0 Å². The molecule has 1 atom stereocenters.